The number of fused-ring (bicyclic) bond motifs is 1. The Morgan fingerprint density at radius 3 is 2.86 bits per heavy atom. The lowest BCUT2D eigenvalue weighted by atomic mass is 10.1. The van der Waals surface area contributed by atoms with Crippen molar-refractivity contribution in [2.75, 3.05) is 12.0 Å². The van der Waals surface area contributed by atoms with Crippen molar-refractivity contribution in [3.63, 3.8) is 0 Å². The minimum absolute atomic E-state index is 0.224. The molecule has 2 N–H and O–H groups in total. The number of anilines is 1. The van der Waals surface area contributed by atoms with Gasteiger partial charge in [-0.15, -0.1) is 0 Å². The van der Waals surface area contributed by atoms with Gasteiger partial charge in [0.1, 0.15) is 17.6 Å². The third-order valence-electron chi connectivity index (χ3n) is 3.62. The Balaban J connectivity index is 1.94. The summed E-state index contributed by atoms with van der Waals surface area (Å²) < 4.78 is 18.5. The number of hydrogen-bond donors (Lipinski definition) is 1. The second kappa shape index (κ2) is 5.18. The van der Waals surface area contributed by atoms with Gasteiger partial charge < -0.3 is 15.4 Å². The Morgan fingerprint density at radius 1 is 1.29 bits per heavy atom. The van der Waals surface area contributed by atoms with Crippen molar-refractivity contribution in [3.8, 4) is 5.75 Å². The van der Waals surface area contributed by atoms with Gasteiger partial charge in [0.25, 0.3) is 0 Å². The van der Waals surface area contributed by atoms with Gasteiger partial charge in [0.15, 0.2) is 0 Å². The maximum Gasteiger partial charge on any atom is 0.248 e. The van der Waals surface area contributed by atoms with Gasteiger partial charge in [-0.25, -0.2) is 4.39 Å². The van der Waals surface area contributed by atoms with Gasteiger partial charge in [0.2, 0.25) is 5.91 Å². The highest BCUT2D eigenvalue weighted by atomic mass is 19.1. The molecule has 2 aromatic rings. The predicted molar refractivity (Wildman–Crippen MR) is 77.5 cm³/mol. The molecular weight excluding hydrogens is 271 g/mol. The molecule has 3 rings (SSSR count). The molecule has 21 heavy (non-hydrogen) atoms. The maximum absolute atomic E-state index is 13.3. The lowest BCUT2D eigenvalue weighted by molar-refractivity contribution is -0.119. The zero-order valence-electron chi connectivity index (χ0n) is 11.5. The van der Waals surface area contributed by atoms with Crippen LogP contribution in [0.25, 0.3) is 0 Å². The number of hydrogen-bond acceptors (Lipinski definition) is 3. The fourth-order valence-electron chi connectivity index (χ4n) is 2.56. The lowest BCUT2D eigenvalue weighted by Gasteiger charge is -2.18. The third kappa shape index (κ3) is 2.36. The van der Waals surface area contributed by atoms with Crippen molar-refractivity contribution in [1.82, 2.24) is 0 Å². The molecule has 0 saturated heterocycles. The molecule has 1 aliphatic rings. The van der Waals surface area contributed by atoms with Crippen LogP contribution in [0.3, 0.4) is 0 Å². The molecule has 0 aliphatic carbocycles. The molecule has 2 aromatic carbocycles. The highest BCUT2D eigenvalue weighted by molar-refractivity contribution is 6.04. The Bertz CT molecular complexity index is 702. The molecule has 0 bridgehead atoms. The Hall–Kier alpha value is -2.40. The number of halogens is 1. The molecule has 0 saturated carbocycles. The van der Waals surface area contributed by atoms with Crippen molar-refractivity contribution in [1.29, 1.82) is 0 Å². The van der Waals surface area contributed by atoms with Crippen molar-refractivity contribution in [3.05, 3.63) is 59.4 Å². The van der Waals surface area contributed by atoms with Gasteiger partial charge in [0, 0.05) is 11.3 Å². The minimum atomic E-state index is -0.804. The van der Waals surface area contributed by atoms with Crippen LogP contribution >= 0.6 is 0 Å². The molecule has 1 aliphatic heterocycles. The number of ether oxygens (including phenoxy) is 1. The summed E-state index contributed by atoms with van der Waals surface area (Å²) in [5.41, 5.74) is 7.99. The maximum atomic E-state index is 13.3. The second-order valence-electron chi connectivity index (χ2n) is 4.96. The van der Waals surface area contributed by atoms with Crippen LogP contribution in [0.2, 0.25) is 0 Å². The smallest absolute Gasteiger partial charge is 0.248 e. The predicted octanol–water partition coefficient (Wildman–Crippen LogP) is 2.38. The van der Waals surface area contributed by atoms with Gasteiger partial charge in [0.05, 0.1) is 13.7 Å². The minimum Gasteiger partial charge on any atom is -0.497 e. The number of nitrogens with zero attached hydrogens (tertiary/aromatic N) is 1. The molecule has 1 unspecified atom stereocenters. The van der Waals surface area contributed by atoms with E-state index in [1.165, 1.54) is 12.1 Å². The van der Waals surface area contributed by atoms with E-state index in [9.17, 15) is 9.18 Å². The summed E-state index contributed by atoms with van der Waals surface area (Å²) >= 11 is 0. The summed E-state index contributed by atoms with van der Waals surface area (Å²) in [4.78, 5) is 13.9. The number of amides is 1. The molecule has 4 nitrogen and oxygen atoms in total. The summed E-state index contributed by atoms with van der Waals surface area (Å²) in [6.07, 6.45) is 0. The van der Waals surface area contributed by atoms with Crippen LogP contribution in [0.5, 0.6) is 5.75 Å². The molecule has 0 aromatic heterocycles. The van der Waals surface area contributed by atoms with Gasteiger partial charge in [-0.1, -0.05) is 12.1 Å². The average Bonchev–Trinajstić information content (AvgIpc) is 2.72. The second-order valence-corrected chi connectivity index (χ2v) is 4.96. The zero-order valence-corrected chi connectivity index (χ0v) is 11.5. The van der Waals surface area contributed by atoms with Gasteiger partial charge in [-0.3, -0.25) is 4.79 Å². The Morgan fingerprint density at radius 2 is 2.10 bits per heavy atom. The van der Waals surface area contributed by atoms with Crippen LogP contribution in [-0.2, 0) is 11.3 Å². The Kier molecular flexibility index (Phi) is 3.35. The topological polar surface area (TPSA) is 55.6 Å². The summed E-state index contributed by atoms with van der Waals surface area (Å²) in [7, 11) is 1.59. The first kappa shape index (κ1) is 13.6. The number of carbonyl (C=O) groups is 1. The number of nitrogens with two attached hydrogens (primary N) is 1. The highest BCUT2D eigenvalue weighted by Gasteiger charge is 2.34. The molecule has 1 amide bonds. The largest absolute Gasteiger partial charge is 0.497 e. The molecular formula is C16H15FN2O2. The summed E-state index contributed by atoms with van der Waals surface area (Å²) in [6.45, 7) is 0.377. The first-order valence-corrected chi connectivity index (χ1v) is 6.59. The summed E-state index contributed by atoms with van der Waals surface area (Å²) in [6, 6.07) is 10.9. The van der Waals surface area contributed by atoms with E-state index in [0.717, 1.165) is 11.3 Å². The molecule has 108 valence electrons. The Labute approximate surface area is 121 Å². The molecule has 5 heteroatoms. The zero-order chi connectivity index (χ0) is 15.0. The van der Waals surface area contributed by atoms with E-state index in [0.29, 0.717) is 17.8 Å². The molecule has 0 spiro atoms. The van der Waals surface area contributed by atoms with Crippen LogP contribution in [-0.4, -0.2) is 13.0 Å². The first-order chi connectivity index (χ1) is 10.1. The van der Waals surface area contributed by atoms with Crippen LogP contribution in [0, 0.1) is 5.82 Å². The number of rotatable bonds is 3. The van der Waals surface area contributed by atoms with E-state index in [2.05, 4.69) is 0 Å². The quantitative estimate of drug-likeness (QED) is 0.942. The monoisotopic (exact) mass is 286 g/mol. The van der Waals surface area contributed by atoms with Crippen LogP contribution in [0.4, 0.5) is 10.1 Å². The standard InChI is InChI=1S/C16H15FN2O2/c1-21-12-4-2-3-10(7-12)9-19-14-6-5-11(17)8-13(14)15(18)16(19)20/h2-8,15H,9,18H2,1H3. The normalized spacial score (nSPS) is 17.0. The molecule has 1 atom stereocenters. The van der Waals surface area contributed by atoms with Crippen molar-refractivity contribution >= 4 is 11.6 Å². The third-order valence-corrected chi connectivity index (χ3v) is 3.62. The number of benzene rings is 2. The van der Waals surface area contributed by atoms with E-state index < -0.39 is 6.04 Å². The fourth-order valence-corrected chi connectivity index (χ4v) is 2.56. The summed E-state index contributed by atoms with van der Waals surface area (Å²) in [5.74, 6) is 0.112. The molecule has 0 fully saturated rings. The van der Waals surface area contributed by atoms with Gasteiger partial charge >= 0.3 is 0 Å². The van der Waals surface area contributed by atoms with Crippen molar-refractivity contribution in [2.24, 2.45) is 5.73 Å². The average molecular weight is 286 g/mol. The molecule has 1 heterocycles. The van der Waals surface area contributed by atoms with Gasteiger partial charge in [-0.2, -0.15) is 0 Å². The first-order valence-electron chi connectivity index (χ1n) is 6.59. The van der Waals surface area contributed by atoms with Crippen LogP contribution < -0.4 is 15.4 Å². The van der Waals surface area contributed by atoms with E-state index >= 15 is 0 Å². The number of methoxy groups -OCH3 is 1. The van der Waals surface area contributed by atoms with E-state index in [1.807, 2.05) is 24.3 Å². The lowest BCUT2D eigenvalue weighted by Crippen LogP contribution is -2.31. The van der Waals surface area contributed by atoms with E-state index in [4.69, 9.17) is 10.5 Å². The SMILES string of the molecule is COc1cccc(CN2C(=O)C(N)c3cc(F)ccc32)c1. The molecule has 0 radical (unpaired) electrons. The van der Waals surface area contributed by atoms with Crippen LogP contribution in [0.1, 0.15) is 17.2 Å². The van der Waals surface area contributed by atoms with Gasteiger partial charge in [-0.05, 0) is 35.9 Å². The van der Waals surface area contributed by atoms with Crippen LogP contribution in [0.15, 0.2) is 42.5 Å². The number of carbonyl (C=O) groups excluding carboxylic acids is 1. The summed E-state index contributed by atoms with van der Waals surface area (Å²) in [5, 5.41) is 0. The van der Waals surface area contributed by atoms with E-state index in [-0.39, 0.29) is 11.7 Å². The van der Waals surface area contributed by atoms with Crippen molar-refractivity contribution < 1.29 is 13.9 Å². The fraction of sp³-hybridized carbons (Fsp3) is 0.188. The highest BCUT2D eigenvalue weighted by Crippen LogP contribution is 2.36. The van der Waals surface area contributed by atoms with E-state index in [1.54, 1.807) is 18.1 Å². The van der Waals surface area contributed by atoms with Crippen molar-refractivity contribution in [2.45, 2.75) is 12.6 Å².